The molecule has 0 aliphatic heterocycles. The minimum atomic E-state index is -1.47. The van der Waals surface area contributed by atoms with Crippen LogP contribution in [0, 0.1) is 0 Å². The summed E-state index contributed by atoms with van der Waals surface area (Å²) < 4.78 is 5.67. The fourth-order valence-corrected chi connectivity index (χ4v) is 1.75. The highest BCUT2D eigenvalue weighted by Gasteiger charge is 2.07. The number of hydrogen-bond acceptors (Lipinski definition) is 3. The van der Waals surface area contributed by atoms with E-state index in [0.29, 0.717) is 5.42 Å². The highest BCUT2D eigenvalue weighted by molar-refractivity contribution is 6.58. The maximum atomic E-state index is 9.04. The molecule has 2 N–H and O–H groups in total. The third-order valence-corrected chi connectivity index (χ3v) is 2.40. The molecule has 0 spiro atoms. The first-order chi connectivity index (χ1) is 7.59. The van der Waals surface area contributed by atoms with Crippen molar-refractivity contribution in [2.24, 2.45) is 0 Å². The van der Waals surface area contributed by atoms with Gasteiger partial charge in [-0.2, -0.15) is 0 Å². The second kappa shape index (κ2) is 4.16. The third kappa shape index (κ3) is 1.89. The van der Waals surface area contributed by atoms with E-state index in [9.17, 15) is 0 Å². The van der Waals surface area contributed by atoms with Crippen molar-refractivity contribution in [3.05, 3.63) is 34.9 Å². The van der Waals surface area contributed by atoms with E-state index in [2.05, 4.69) is 0 Å². The van der Waals surface area contributed by atoms with Gasteiger partial charge in [-0.3, -0.25) is 0 Å². The van der Waals surface area contributed by atoms with Crippen LogP contribution in [0.15, 0.2) is 28.7 Å². The standard InChI is InChI=1S/C12H13BO3/c1-8(2)12-10(7-13(14)15)9-5-3-4-6-11(9)16-12/h3-7,14-15H,1-2H3/b10-7+. The van der Waals surface area contributed by atoms with Crippen LogP contribution in [0.25, 0.3) is 22.5 Å². The summed E-state index contributed by atoms with van der Waals surface area (Å²) >= 11 is 0. The molecule has 0 amide bonds. The summed E-state index contributed by atoms with van der Waals surface area (Å²) in [4.78, 5) is 0. The van der Waals surface area contributed by atoms with E-state index < -0.39 is 7.12 Å². The summed E-state index contributed by atoms with van der Waals surface area (Å²) in [5.41, 5.74) is 2.46. The van der Waals surface area contributed by atoms with Crippen molar-refractivity contribution in [2.45, 2.75) is 13.8 Å². The van der Waals surface area contributed by atoms with Gasteiger partial charge in [0.25, 0.3) is 0 Å². The molecule has 2 rings (SSSR count). The highest BCUT2D eigenvalue weighted by atomic mass is 16.4. The van der Waals surface area contributed by atoms with Crippen molar-refractivity contribution in [1.82, 2.24) is 0 Å². The lowest BCUT2D eigenvalue weighted by Crippen LogP contribution is -2.26. The predicted molar refractivity (Wildman–Crippen MR) is 64.9 cm³/mol. The van der Waals surface area contributed by atoms with Crippen molar-refractivity contribution < 1.29 is 14.5 Å². The Hall–Kier alpha value is -1.52. The minimum absolute atomic E-state index is 0.703. The van der Waals surface area contributed by atoms with E-state index in [0.717, 1.165) is 21.8 Å². The number of furan rings is 1. The van der Waals surface area contributed by atoms with Crippen LogP contribution in [0.5, 0.6) is 0 Å². The topological polar surface area (TPSA) is 53.6 Å². The van der Waals surface area contributed by atoms with Crippen LogP contribution in [-0.4, -0.2) is 17.2 Å². The monoisotopic (exact) mass is 216 g/mol. The quantitative estimate of drug-likeness (QED) is 0.679. The molecule has 0 radical (unpaired) electrons. The molecule has 0 fully saturated rings. The molecule has 0 aliphatic carbocycles. The summed E-state index contributed by atoms with van der Waals surface area (Å²) in [5, 5.41) is 19.7. The summed E-state index contributed by atoms with van der Waals surface area (Å²) in [6.07, 6.45) is 0. The number of para-hydroxylation sites is 1. The fraction of sp³-hybridized carbons (Fsp3) is 0.167. The molecule has 0 saturated heterocycles. The van der Waals surface area contributed by atoms with Crippen LogP contribution >= 0.6 is 0 Å². The van der Waals surface area contributed by atoms with Gasteiger partial charge in [-0.25, -0.2) is 0 Å². The zero-order valence-electron chi connectivity index (χ0n) is 9.27. The first-order valence-electron chi connectivity index (χ1n) is 5.12. The average Bonchev–Trinajstić information content (AvgIpc) is 2.57. The molecule has 0 unspecified atom stereocenters. The highest BCUT2D eigenvalue weighted by Crippen LogP contribution is 2.07. The van der Waals surface area contributed by atoms with E-state index in [1.165, 1.54) is 5.98 Å². The van der Waals surface area contributed by atoms with Crippen LogP contribution in [0.4, 0.5) is 0 Å². The number of fused-ring (bicyclic) bond motifs is 1. The largest absolute Gasteiger partial charge is 0.481 e. The Labute approximate surface area is 93.5 Å². The van der Waals surface area contributed by atoms with Gasteiger partial charge in [0.1, 0.15) is 11.0 Å². The molecular weight excluding hydrogens is 203 g/mol. The number of rotatable bonds is 1. The maximum absolute atomic E-state index is 9.04. The van der Waals surface area contributed by atoms with Crippen molar-refractivity contribution in [3.63, 3.8) is 0 Å². The Balaban J connectivity index is 2.98. The molecule has 1 aromatic carbocycles. The van der Waals surface area contributed by atoms with Crippen LogP contribution in [0.2, 0.25) is 0 Å². The average molecular weight is 216 g/mol. The van der Waals surface area contributed by atoms with Gasteiger partial charge in [0.15, 0.2) is 0 Å². The fourth-order valence-electron chi connectivity index (χ4n) is 1.75. The molecule has 1 heterocycles. The van der Waals surface area contributed by atoms with Gasteiger partial charge in [-0.15, -0.1) is 0 Å². The zero-order valence-corrected chi connectivity index (χ0v) is 9.27. The van der Waals surface area contributed by atoms with E-state index in [1.807, 2.05) is 38.1 Å². The van der Waals surface area contributed by atoms with Crippen LogP contribution in [0.3, 0.4) is 0 Å². The second-order valence-corrected chi connectivity index (χ2v) is 3.92. The summed E-state index contributed by atoms with van der Waals surface area (Å²) in [5.74, 6) is 1.38. The van der Waals surface area contributed by atoms with Crippen LogP contribution in [0.1, 0.15) is 13.8 Å². The van der Waals surface area contributed by atoms with Gasteiger partial charge in [0, 0.05) is 10.6 Å². The van der Waals surface area contributed by atoms with Crippen molar-refractivity contribution in [3.8, 4) is 0 Å². The van der Waals surface area contributed by atoms with Gasteiger partial charge in [-0.1, -0.05) is 18.2 Å². The van der Waals surface area contributed by atoms with Gasteiger partial charge in [0.2, 0.25) is 0 Å². The molecule has 4 heteroatoms. The molecule has 3 nitrogen and oxygen atoms in total. The summed E-state index contributed by atoms with van der Waals surface area (Å²) in [6.45, 7) is 3.86. The second-order valence-electron chi connectivity index (χ2n) is 3.92. The van der Waals surface area contributed by atoms with Crippen LogP contribution in [-0.2, 0) is 0 Å². The molecule has 2 aromatic rings. The smallest absolute Gasteiger partial charge is 0.456 e. The molecule has 82 valence electrons. The van der Waals surface area contributed by atoms with Gasteiger partial charge in [-0.05, 0) is 31.5 Å². The zero-order chi connectivity index (χ0) is 11.7. The third-order valence-electron chi connectivity index (χ3n) is 2.40. The Morgan fingerprint density at radius 3 is 2.56 bits per heavy atom. The Bertz CT molecular complexity index is 621. The van der Waals surface area contributed by atoms with Gasteiger partial charge in [0.05, 0.1) is 0 Å². The number of hydrogen-bond donors (Lipinski definition) is 2. The van der Waals surface area contributed by atoms with Crippen LogP contribution < -0.4 is 10.6 Å². The molecule has 0 saturated carbocycles. The molecule has 0 aliphatic rings. The van der Waals surface area contributed by atoms with Crippen molar-refractivity contribution >= 4 is 29.6 Å². The molecule has 16 heavy (non-hydrogen) atoms. The van der Waals surface area contributed by atoms with E-state index in [1.54, 1.807) is 0 Å². The minimum Gasteiger partial charge on any atom is -0.456 e. The first-order valence-corrected chi connectivity index (χ1v) is 5.12. The molecule has 1 aromatic heterocycles. The van der Waals surface area contributed by atoms with E-state index in [4.69, 9.17) is 14.5 Å². The Morgan fingerprint density at radius 2 is 1.94 bits per heavy atom. The predicted octanol–water partition coefficient (Wildman–Crippen LogP) is 0.416. The van der Waals surface area contributed by atoms with E-state index in [-0.39, 0.29) is 0 Å². The SMILES string of the molecule is CC(C)=c1oc2ccccc2/c1=C\B(O)O. The lowest BCUT2D eigenvalue weighted by Gasteiger charge is -1.87. The van der Waals surface area contributed by atoms with Crippen molar-refractivity contribution in [1.29, 1.82) is 0 Å². The molecular formula is C12H13BO3. The maximum Gasteiger partial charge on any atom is 0.481 e. The lowest BCUT2D eigenvalue weighted by molar-refractivity contribution is 0.429. The Kier molecular flexibility index (Phi) is 2.85. The first kappa shape index (κ1) is 11.0. The van der Waals surface area contributed by atoms with Gasteiger partial charge < -0.3 is 14.5 Å². The van der Waals surface area contributed by atoms with Crippen molar-refractivity contribution in [2.75, 3.05) is 0 Å². The Morgan fingerprint density at radius 1 is 1.25 bits per heavy atom. The lowest BCUT2D eigenvalue weighted by atomic mass is 9.90. The summed E-state index contributed by atoms with van der Waals surface area (Å²) in [6, 6.07) is 7.55. The number of benzene rings is 1. The van der Waals surface area contributed by atoms with E-state index >= 15 is 0 Å². The normalized spacial score (nSPS) is 12.1. The van der Waals surface area contributed by atoms with Gasteiger partial charge >= 0.3 is 7.12 Å². The molecule has 0 bridgehead atoms. The molecule has 0 atom stereocenters. The summed E-state index contributed by atoms with van der Waals surface area (Å²) in [7, 11) is -1.47.